The highest BCUT2D eigenvalue weighted by molar-refractivity contribution is 9.10. The topological polar surface area (TPSA) is 9.23 Å². The lowest BCUT2D eigenvalue weighted by molar-refractivity contribution is 0.281. The van der Waals surface area contributed by atoms with Gasteiger partial charge in [-0.3, -0.25) is 0 Å². The summed E-state index contributed by atoms with van der Waals surface area (Å²) in [6, 6.07) is 7.97. The third-order valence-electron chi connectivity index (χ3n) is 2.66. The van der Waals surface area contributed by atoms with Crippen LogP contribution in [0.5, 0.6) is 5.75 Å². The first-order chi connectivity index (χ1) is 7.63. The third-order valence-corrected chi connectivity index (χ3v) is 4.74. The molecule has 0 heterocycles. The summed E-state index contributed by atoms with van der Waals surface area (Å²) in [5, 5.41) is 0. The van der Waals surface area contributed by atoms with Crippen LogP contribution in [0.15, 0.2) is 28.7 Å². The summed E-state index contributed by atoms with van der Waals surface area (Å²) in [5.41, 5.74) is 0. The van der Waals surface area contributed by atoms with Crippen molar-refractivity contribution in [2.75, 3.05) is 6.61 Å². The van der Waals surface area contributed by atoms with Gasteiger partial charge in [-0.15, -0.1) is 0 Å². The number of hydrogen-bond acceptors (Lipinski definition) is 1. The second kappa shape index (κ2) is 7.33. The van der Waals surface area contributed by atoms with Crippen LogP contribution in [0, 0.1) is 5.92 Å². The van der Waals surface area contributed by atoms with E-state index >= 15 is 0 Å². The van der Waals surface area contributed by atoms with E-state index in [0.717, 1.165) is 23.2 Å². The van der Waals surface area contributed by atoms with Gasteiger partial charge in [-0.1, -0.05) is 45.7 Å². The van der Waals surface area contributed by atoms with Crippen LogP contribution < -0.4 is 4.74 Å². The molecule has 1 aromatic carbocycles. The fourth-order valence-electron chi connectivity index (χ4n) is 1.48. The zero-order chi connectivity index (χ0) is 12.0. The van der Waals surface area contributed by atoms with E-state index in [9.17, 15) is 0 Å². The molecule has 0 aliphatic rings. The van der Waals surface area contributed by atoms with E-state index in [2.05, 4.69) is 45.7 Å². The molecule has 0 fully saturated rings. The first kappa shape index (κ1) is 14.0. The Morgan fingerprint density at radius 2 is 1.88 bits per heavy atom. The molecule has 0 N–H and O–H groups in total. The molecule has 0 saturated heterocycles. The Balaban J connectivity index is 2.27. The number of benzene rings is 1. The summed E-state index contributed by atoms with van der Waals surface area (Å²) >= 11 is 7.08. The van der Waals surface area contributed by atoms with Crippen LogP contribution in [0.3, 0.4) is 0 Å². The highest BCUT2D eigenvalue weighted by atomic mass is 79.9. The van der Waals surface area contributed by atoms with Gasteiger partial charge >= 0.3 is 0 Å². The van der Waals surface area contributed by atoms with Crippen molar-refractivity contribution in [3.8, 4) is 5.75 Å². The number of ether oxygens (including phenoxy) is 1. The Morgan fingerprint density at radius 3 is 2.44 bits per heavy atom. The van der Waals surface area contributed by atoms with Gasteiger partial charge in [0.25, 0.3) is 0 Å². The maximum absolute atomic E-state index is 5.68. The Labute approximate surface area is 115 Å². The average Bonchev–Trinajstić information content (AvgIpc) is 2.30. The predicted molar refractivity (Wildman–Crippen MR) is 76.4 cm³/mol. The minimum Gasteiger partial charge on any atom is -0.494 e. The van der Waals surface area contributed by atoms with Crippen molar-refractivity contribution in [1.82, 2.24) is 0 Å². The SMILES string of the molecule is CCC(Br)C(C)CCOc1ccc(Br)cc1. The Kier molecular flexibility index (Phi) is 6.44. The summed E-state index contributed by atoms with van der Waals surface area (Å²) in [7, 11) is 0. The van der Waals surface area contributed by atoms with E-state index < -0.39 is 0 Å². The monoisotopic (exact) mass is 348 g/mol. The molecule has 0 amide bonds. The lowest BCUT2D eigenvalue weighted by Gasteiger charge is -2.16. The first-order valence-corrected chi connectivity index (χ1v) is 7.36. The van der Waals surface area contributed by atoms with Crippen LogP contribution in [0.2, 0.25) is 0 Å². The van der Waals surface area contributed by atoms with E-state index in [-0.39, 0.29) is 0 Å². The maximum atomic E-state index is 5.68. The second-order valence-electron chi connectivity index (χ2n) is 3.99. The van der Waals surface area contributed by atoms with Crippen LogP contribution >= 0.6 is 31.9 Å². The predicted octanol–water partition coefficient (Wildman–Crippen LogP) is 5.03. The lowest BCUT2D eigenvalue weighted by Crippen LogP contribution is -2.13. The molecule has 1 aromatic rings. The van der Waals surface area contributed by atoms with Crippen molar-refractivity contribution in [2.24, 2.45) is 5.92 Å². The third kappa shape index (κ3) is 4.88. The van der Waals surface area contributed by atoms with Crippen LogP contribution in [-0.2, 0) is 0 Å². The minimum atomic E-state index is 0.598. The molecule has 1 rings (SSSR count). The van der Waals surface area contributed by atoms with Gasteiger partial charge in [0.15, 0.2) is 0 Å². The zero-order valence-corrected chi connectivity index (χ0v) is 12.9. The van der Waals surface area contributed by atoms with Gasteiger partial charge in [-0.05, 0) is 43.0 Å². The smallest absolute Gasteiger partial charge is 0.119 e. The van der Waals surface area contributed by atoms with E-state index in [0.29, 0.717) is 10.7 Å². The fraction of sp³-hybridized carbons (Fsp3) is 0.538. The summed E-state index contributed by atoms with van der Waals surface area (Å²) in [6.45, 7) is 5.24. The molecule has 0 radical (unpaired) electrons. The standard InChI is InChI=1S/C13H18Br2O/c1-3-13(15)10(2)8-9-16-12-6-4-11(14)5-7-12/h4-7,10,13H,3,8-9H2,1-2H3. The van der Waals surface area contributed by atoms with Crippen molar-refractivity contribution in [2.45, 2.75) is 31.5 Å². The molecule has 90 valence electrons. The summed E-state index contributed by atoms with van der Waals surface area (Å²) in [4.78, 5) is 0.598. The van der Waals surface area contributed by atoms with Crippen LogP contribution in [0.25, 0.3) is 0 Å². The quantitative estimate of drug-likeness (QED) is 0.654. The molecule has 0 aliphatic heterocycles. The molecular weight excluding hydrogens is 332 g/mol. The highest BCUT2D eigenvalue weighted by Crippen LogP contribution is 2.21. The van der Waals surface area contributed by atoms with Gasteiger partial charge in [0, 0.05) is 9.30 Å². The van der Waals surface area contributed by atoms with Gasteiger partial charge < -0.3 is 4.74 Å². The molecule has 0 saturated carbocycles. The number of hydrogen-bond donors (Lipinski definition) is 0. The van der Waals surface area contributed by atoms with Gasteiger partial charge in [0.2, 0.25) is 0 Å². The fourth-order valence-corrected chi connectivity index (χ4v) is 2.01. The van der Waals surface area contributed by atoms with E-state index in [1.54, 1.807) is 0 Å². The first-order valence-electron chi connectivity index (χ1n) is 5.66. The Bertz CT molecular complexity index is 297. The molecule has 0 aliphatic carbocycles. The van der Waals surface area contributed by atoms with Crippen molar-refractivity contribution in [3.05, 3.63) is 28.7 Å². The molecule has 2 unspecified atom stereocenters. The number of halogens is 2. The van der Waals surface area contributed by atoms with Gasteiger partial charge in [-0.2, -0.15) is 0 Å². The maximum Gasteiger partial charge on any atom is 0.119 e. The van der Waals surface area contributed by atoms with Crippen LogP contribution in [-0.4, -0.2) is 11.4 Å². The van der Waals surface area contributed by atoms with Crippen LogP contribution in [0.4, 0.5) is 0 Å². The number of alkyl halides is 1. The van der Waals surface area contributed by atoms with Crippen molar-refractivity contribution in [3.63, 3.8) is 0 Å². The molecular formula is C13H18Br2O. The lowest BCUT2D eigenvalue weighted by atomic mass is 10.0. The van der Waals surface area contributed by atoms with Crippen molar-refractivity contribution in [1.29, 1.82) is 0 Å². The summed E-state index contributed by atoms with van der Waals surface area (Å²) < 4.78 is 6.77. The van der Waals surface area contributed by atoms with Crippen molar-refractivity contribution < 1.29 is 4.74 Å². The minimum absolute atomic E-state index is 0.598. The number of rotatable bonds is 6. The van der Waals surface area contributed by atoms with Gasteiger partial charge in [-0.25, -0.2) is 0 Å². The zero-order valence-electron chi connectivity index (χ0n) is 9.75. The molecule has 3 heteroatoms. The molecule has 0 bridgehead atoms. The molecule has 1 nitrogen and oxygen atoms in total. The highest BCUT2D eigenvalue weighted by Gasteiger charge is 2.11. The van der Waals surface area contributed by atoms with Crippen LogP contribution in [0.1, 0.15) is 26.7 Å². The molecule has 0 aromatic heterocycles. The van der Waals surface area contributed by atoms with Crippen molar-refractivity contribution >= 4 is 31.9 Å². The Morgan fingerprint density at radius 1 is 1.25 bits per heavy atom. The second-order valence-corrected chi connectivity index (χ2v) is 6.08. The van der Waals surface area contributed by atoms with E-state index in [1.807, 2.05) is 24.3 Å². The molecule has 0 spiro atoms. The molecule has 16 heavy (non-hydrogen) atoms. The molecule has 2 atom stereocenters. The summed E-state index contributed by atoms with van der Waals surface area (Å²) in [5.74, 6) is 1.60. The normalized spacial score (nSPS) is 14.5. The summed E-state index contributed by atoms with van der Waals surface area (Å²) in [6.07, 6.45) is 2.25. The Hall–Kier alpha value is -0.0200. The van der Waals surface area contributed by atoms with E-state index in [1.165, 1.54) is 6.42 Å². The van der Waals surface area contributed by atoms with Gasteiger partial charge in [0.05, 0.1) is 6.61 Å². The average molecular weight is 350 g/mol. The van der Waals surface area contributed by atoms with Gasteiger partial charge in [0.1, 0.15) is 5.75 Å². The van der Waals surface area contributed by atoms with E-state index in [4.69, 9.17) is 4.74 Å². The largest absolute Gasteiger partial charge is 0.494 e.